The summed E-state index contributed by atoms with van der Waals surface area (Å²) < 4.78 is 0. The Morgan fingerprint density at radius 3 is 1.56 bits per heavy atom. The maximum atomic E-state index is 2.29. The number of hydrogen-bond acceptors (Lipinski definition) is 0. The molecule has 0 aromatic rings. The molecule has 0 atom stereocenters. The highest BCUT2D eigenvalue weighted by Crippen LogP contribution is 2.20. The number of unbranched alkanes of at least 4 members (excludes halogenated alkanes) is 3. The van der Waals surface area contributed by atoms with Crippen LogP contribution in [-0.2, 0) is 0 Å². The summed E-state index contributed by atoms with van der Waals surface area (Å²) in [6, 6.07) is 0. The van der Waals surface area contributed by atoms with E-state index in [1.165, 1.54) is 44.9 Å². The van der Waals surface area contributed by atoms with Crippen molar-refractivity contribution in [3.63, 3.8) is 0 Å². The molecular weight excluding hydrogens is 192 g/mol. The van der Waals surface area contributed by atoms with E-state index in [4.69, 9.17) is 0 Å². The first kappa shape index (κ1) is 18.4. The molecule has 0 fully saturated rings. The molecule has 0 aromatic heterocycles. The van der Waals surface area contributed by atoms with E-state index >= 15 is 0 Å². The van der Waals surface area contributed by atoms with Gasteiger partial charge < -0.3 is 0 Å². The van der Waals surface area contributed by atoms with Crippen LogP contribution in [-0.4, -0.2) is 0 Å². The van der Waals surface area contributed by atoms with E-state index in [0.717, 1.165) is 5.92 Å². The van der Waals surface area contributed by atoms with Gasteiger partial charge in [-0.2, -0.15) is 0 Å². The Morgan fingerprint density at radius 1 is 0.812 bits per heavy atom. The van der Waals surface area contributed by atoms with E-state index in [0.29, 0.717) is 5.41 Å². The summed E-state index contributed by atoms with van der Waals surface area (Å²) in [7, 11) is 0. The SMILES string of the molecule is CCCCC(C)(C)C.CCCCCC(C)C. The van der Waals surface area contributed by atoms with E-state index in [1.54, 1.807) is 0 Å². The van der Waals surface area contributed by atoms with Crippen LogP contribution in [0.2, 0.25) is 0 Å². The molecule has 100 valence electrons. The topological polar surface area (TPSA) is 0 Å². The maximum Gasteiger partial charge on any atom is -0.0383 e. The smallest absolute Gasteiger partial charge is 0.0383 e. The Bertz CT molecular complexity index is 116. The predicted octanol–water partition coefficient (Wildman–Crippen LogP) is 6.45. The standard InChI is InChI=1S/2C8H18/c1-5-6-7-8(2,3)4;1-4-5-6-7-8(2)3/h5-7H2,1-4H3;8H,4-7H2,1-3H3. The molecule has 0 unspecified atom stereocenters. The van der Waals surface area contributed by atoms with Crippen molar-refractivity contribution < 1.29 is 0 Å². The van der Waals surface area contributed by atoms with Crippen LogP contribution in [0.5, 0.6) is 0 Å². The quantitative estimate of drug-likeness (QED) is 0.458. The van der Waals surface area contributed by atoms with E-state index in [9.17, 15) is 0 Å². The van der Waals surface area contributed by atoms with Gasteiger partial charge in [0.15, 0.2) is 0 Å². The van der Waals surface area contributed by atoms with Crippen LogP contribution in [0, 0.1) is 11.3 Å². The lowest BCUT2D eigenvalue weighted by molar-refractivity contribution is 0.363. The minimum atomic E-state index is 0.552. The molecular formula is C16H36. The zero-order chi connectivity index (χ0) is 13.0. The highest BCUT2D eigenvalue weighted by Gasteiger charge is 2.07. The van der Waals surface area contributed by atoms with E-state index in [2.05, 4.69) is 48.5 Å². The highest BCUT2D eigenvalue weighted by atomic mass is 14.1. The number of hydrogen-bond donors (Lipinski definition) is 0. The molecule has 0 radical (unpaired) electrons. The van der Waals surface area contributed by atoms with Gasteiger partial charge in [-0.25, -0.2) is 0 Å². The summed E-state index contributed by atoms with van der Waals surface area (Å²) >= 11 is 0. The first-order valence-electron chi connectivity index (χ1n) is 7.33. The maximum absolute atomic E-state index is 2.29. The van der Waals surface area contributed by atoms with E-state index in [1.807, 2.05) is 0 Å². The molecule has 0 bridgehead atoms. The third-order valence-electron chi connectivity index (χ3n) is 2.67. The average Bonchev–Trinajstić information content (AvgIpc) is 2.14. The van der Waals surface area contributed by atoms with Crippen LogP contribution in [0.15, 0.2) is 0 Å². The number of rotatable bonds is 6. The predicted molar refractivity (Wildman–Crippen MR) is 78.0 cm³/mol. The summed E-state index contributed by atoms with van der Waals surface area (Å²) in [5.41, 5.74) is 0.552. The van der Waals surface area contributed by atoms with Crippen molar-refractivity contribution in [1.82, 2.24) is 0 Å². The second kappa shape index (κ2) is 11.5. The van der Waals surface area contributed by atoms with Crippen LogP contribution in [0.25, 0.3) is 0 Å². The lowest BCUT2D eigenvalue weighted by Crippen LogP contribution is -2.03. The molecule has 0 amide bonds. The van der Waals surface area contributed by atoms with Crippen molar-refractivity contribution in [1.29, 1.82) is 0 Å². The zero-order valence-corrected chi connectivity index (χ0v) is 13.0. The van der Waals surface area contributed by atoms with Gasteiger partial charge in [0.1, 0.15) is 0 Å². The van der Waals surface area contributed by atoms with E-state index < -0.39 is 0 Å². The van der Waals surface area contributed by atoms with Crippen LogP contribution in [0.3, 0.4) is 0 Å². The summed E-state index contributed by atoms with van der Waals surface area (Å²) in [6.07, 6.45) is 9.68. The van der Waals surface area contributed by atoms with Crippen LogP contribution in [0.4, 0.5) is 0 Å². The van der Waals surface area contributed by atoms with Crippen molar-refractivity contribution in [3.05, 3.63) is 0 Å². The normalized spacial score (nSPS) is 11.2. The van der Waals surface area contributed by atoms with Crippen molar-refractivity contribution in [2.75, 3.05) is 0 Å². The average molecular weight is 228 g/mol. The molecule has 0 N–H and O–H groups in total. The van der Waals surface area contributed by atoms with Gasteiger partial charge in [-0.05, 0) is 17.8 Å². The molecule has 16 heavy (non-hydrogen) atoms. The fraction of sp³-hybridized carbons (Fsp3) is 1.00. The lowest BCUT2D eigenvalue weighted by Gasteiger charge is -2.16. The fourth-order valence-corrected chi connectivity index (χ4v) is 1.51. The van der Waals surface area contributed by atoms with E-state index in [-0.39, 0.29) is 0 Å². The Balaban J connectivity index is 0. The van der Waals surface area contributed by atoms with Crippen molar-refractivity contribution in [2.45, 2.75) is 93.4 Å². The molecule has 0 heteroatoms. The van der Waals surface area contributed by atoms with Crippen molar-refractivity contribution in [3.8, 4) is 0 Å². The molecule has 0 nitrogen and oxygen atoms in total. The molecule has 0 aliphatic carbocycles. The Labute approximate surface area is 105 Å². The molecule has 0 aromatic carbocycles. The third-order valence-corrected chi connectivity index (χ3v) is 2.67. The fourth-order valence-electron chi connectivity index (χ4n) is 1.51. The molecule has 0 aliphatic heterocycles. The molecule has 0 heterocycles. The minimum Gasteiger partial charge on any atom is -0.0654 e. The lowest BCUT2D eigenvalue weighted by atomic mass is 9.90. The Hall–Kier alpha value is 0. The van der Waals surface area contributed by atoms with Gasteiger partial charge in [-0.3, -0.25) is 0 Å². The highest BCUT2D eigenvalue weighted by molar-refractivity contribution is 4.59. The molecule has 0 saturated carbocycles. The minimum absolute atomic E-state index is 0.552. The van der Waals surface area contributed by atoms with Gasteiger partial charge >= 0.3 is 0 Å². The Kier molecular flexibility index (Phi) is 13.2. The summed E-state index contributed by atoms with van der Waals surface area (Å²) in [4.78, 5) is 0. The van der Waals surface area contributed by atoms with Gasteiger partial charge in [0.05, 0.1) is 0 Å². The Morgan fingerprint density at radius 2 is 1.31 bits per heavy atom. The van der Waals surface area contributed by atoms with Crippen molar-refractivity contribution in [2.24, 2.45) is 11.3 Å². The van der Waals surface area contributed by atoms with Crippen LogP contribution >= 0.6 is 0 Å². The van der Waals surface area contributed by atoms with Gasteiger partial charge in [0.2, 0.25) is 0 Å². The zero-order valence-electron chi connectivity index (χ0n) is 13.0. The summed E-state index contributed by atoms with van der Waals surface area (Å²) in [5, 5.41) is 0. The molecule has 0 spiro atoms. The summed E-state index contributed by atoms with van der Waals surface area (Å²) in [6.45, 7) is 15.9. The first-order valence-corrected chi connectivity index (χ1v) is 7.33. The molecule has 0 rings (SSSR count). The second-order valence-electron chi connectivity index (χ2n) is 6.55. The summed E-state index contributed by atoms with van der Waals surface area (Å²) in [5.74, 6) is 0.904. The third kappa shape index (κ3) is 23.7. The van der Waals surface area contributed by atoms with Crippen LogP contribution < -0.4 is 0 Å². The van der Waals surface area contributed by atoms with Gasteiger partial charge in [-0.1, -0.05) is 87.0 Å². The first-order chi connectivity index (χ1) is 7.33. The molecule has 0 aliphatic rings. The van der Waals surface area contributed by atoms with Gasteiger partial charge in [-0.15, -0.1) is 0 Å². The second-order valence-corrected chi connectivity index (χ2v) is 6.55. The van der Waals surface area contributed by atoms with Crippen LogP contribution in [0.1, 0.15) is 93.4 Å². The molecule has 0 saturated heterocycles. The van der Waals surface area contributed by atoms with Gasteiger partial charge in [0, 0.05) is 0 Å². The van der Waals surface area contributed by atoms with Crippen molar-refractivity contribution >= 4 is 0 Å². The monoisotopic (exact) mass is 228 g/mol. The largest absolute Gasteiger partial charge is 0.0654 e. The van der Waals surface area contributed by atoms with Gasteiger partial charge in [0.25, 0.3) is 0 Å².